The summed E-state index contributed by atoms with van der Waals surface area (Å²) in [5.74, 6) is 0.633. The Morgan fingerprint density at radius 2 is 1.90 bits per heavy atom. The molecule has 0 aromatic carbocycles. The first-order valence-electron chi connectivity index (χ1n) is 8.01. The monoisotopic (exact) mass is 298 g/mol. The maximum Gasteiger partial charge on any atom is 0.407 e. The third-order valence-corrected chi connectivity index (χ3v) is 4.05. The Morgan fingerprint density at radius 1 is 1.24 bits per heavy atom. The van der Waals surface area contributed by atoms with Gasteiger partial charge in [0.25, 0.3) is 0 Å². The molecule has 0 aromatic rings. The lowest BCUT2D eigenvalue weighted by molar-refractivity contribution is -0.138. The average Bonchev–Trinajstić information content (AvgIpc) is 2.43. The Labute approximate surface area is 128 Å². The molecule has 0 aliphatic carbocycles. The number of likely N-dealkylation sites (tertiary alicyclic amines) is 1. The fraction of sp³-hybridized carbons (Fsp3) is 0.875. The van der Waals surface area contributed by atoms with E-state index in [4.69, 9.17) is 0 Å². The van der Waals surface area contributed by atoms with E-state index in [1.54, 1.807) is 0 Å². The Hall–Kier alpha value is -1.26. The standard InChI is InChI=1S/C16H30N2O3/c1-11(2)10-13-8-6-7-9-18(13)15(19)14(12(3)4)17-16(20)21-5/h11-14H,6-10H2,1-5H3,(H,17,20)/t13-,14-/m0/s1. The van der Waals surface area contributed by atoms with Crippen LogP contribution in [0.3, 0.4) is 0 Å². The summed E-state index contributed by atoms with van der Waals surface area (Å²) in [5.41, 5.74) is 0. The van der Waals surface area contributed by atoms with E-state index in [9.17, 15) is 9.59 Å². The van der Waals surface area contributed by atoms with Crippen LogP contribution in [0.25, 0.3) is 0 Å². The van der Waals surface area contributed by atoms with E-state index in [2.05, 4.69) is 23.9 Å². The highest BCUT2D eigenvalue weighted by Gasteiger charge is 2.34. The normalized spacial score (nSPS) is 20.5. The summed E-state index contributed by atoms with van der Waals surface area (Å²) >= 11 is 0. The predicted molar refractivity (Wildman–Crippen MR) is 83.0 cm³/mol. The quantitative estimate of drug-likeness (QED) is 0.849. The summed E-state index contributed by atoms with van der Waals surface area (Å²) in [4.78, 5) is 26.3. The highest BCUT2D eigenvalue weighted by atomic mass is 16.5. The van der Waals surface area contributed by atoms with Crippen LogP contribution in [0.1, 0.15) is 53.4 Å². The van der Waals surface area contributed by atoms with Gasteiger partial charge in [-0.25, -0.2) is 4.79 Å². The van der Waals surface area contributed by atoms with Gasteiger partial charge in [-0.3, -0.25) is 4.79 Å². The van der Waals surface area contributed by atoms with Gasteiger partial charge in [0.2, 0.25) is 5.91 Å². The molecule has 5 nitrogen and oxygen atoms in total. The van der Waals surface area contributed by atoms with E-state index in [0.717, 1.165) is 25.8 Å². The second-order valence-corrected chi connectivity index (χ2v) is 6.67. The Bertz CT molecular complexity index is 355. The fourth-order valence-corrected chi connectivity index (χ4v) is 2.96. The van der Waals surface area contributed by atoms with Gasteiger partial charge in [0.1, 0.15) is 6.04 Å². The molecule has 5 heteroatoms. The summed E-state index contributed by atoms with van der Waals surface area (Å²) < 4.78 is 4.64. The lowest BCUT2D eigenvalue weighted by atomic mass is 9.92. The van der Waals surface area contributed by atoms with Gasteiger partial charge in [-0.2, -0.15) is 0 Å². The second kappa shape index (κ2) is 8.25. The topological polar surface area (TPSA) is 58.6 Å². The molecule has 0 radical (unpaired) electrons. The number of methoxy groups -OCH3 is 1. The third kappa shape index (κ3) is 5.21. The van der Waals surface area contributed by atoms with Crippen LogP contribution in [0.2, 0.25) is 0 Å². The number of carbonyl (C=O) groups is 2. The molecular formula is C16H30N2O3. The van der Waals surface area contributed by atoms with Gasteiger partial charge in [0.05, 0.1) is 7.11 Å². The van der Waals surface area contributed by atoms with Crippen LogP contribution in [0, 0.1) is 11.8 Å². The zero-order valence-corrected chi connectivity index (χ0v) is 14.0. The number of rotatable bonds is 5. The minimum absolute atomic E-state index is 0.0285. The Morgan fingerprint density at radius 3 is 2.43 bits per heavy atom. The van der Waals surface area contributed by atoms with Crippen LogP contribution >= 0.6 is 0 Å². The Kier molecular flexibility index (Phi) is 6.99. The summed E-state index contributed by atoms with van der Waals surface area (Å²) in [7, 11) is 1.32. The van der Waals surface area contributed by atoms with Crippen LogP contribution in [0.5, 0.6) is 0 Å². The van der Waals surface area contributed by atoms with Crippen LogP contribution in [0.15, 0.2) is 0 Å². The highest BCUT2D eigenvalue weighted by Crippen LogP contribution is 2.24. The number of amides is 2. The first-order chi connectivity index (χ1) is 9.86. The molecule has 0 spiro atoms. The van der Waals surface area contributed by atoms with Gasteiger partial charge in [-0.1, -0.05) is 27.7 Å². The maximum absolute atomic E-state index is 12.8. The molecule has 0 aromatic heterocycles. The first kappa shape index (κ1) is 17.8. The summed E-state index contributed by atoms with van der Waals surface area (Å²) in [5, 5.41) is 2.68. The van der Waals surface area contributed by atoms with E-state index >= 15 is 0 Å². The fourth-order valence-electron chi connectivity index (χ4n) is 2.96. The smallest absolute Gasteiger partial charge is 0.407 e. The predicted octanol–water partition coefficient (Wildman–Crippen LogP) is 2.79. The molecule has 1 aliphatic rings. The molecule has 2 amide bonds. The minimum atomic E-state index is -0.542. The van der Waals surface area contributed by atoms with E-state index < -0.39 is 12.1 Å². The molecular weight excluding hydrogens is 268 g/mol. The first-order valence-corrected chi connectivity index (χ1v) is 8.01. The van der Waals surface area contributed by atoms with Gasteiger partial charge in [0, 0.05) is 12.6 Å². The number of alkyl carbamates (subject to hydrolysis) is 1. The van der Waals surface area contributed by atoms with Crippen molar-refractivity contribution >= 4 is 12.0 Å². The van der Waals surface area contributed by atoms with Crippen LogP contribution in [-0.2, 0) is 9.53 Å². The van der Waals surface area contributed by atoms with Crippen molar-refractivity contribution in [3.63, 3.8) is 0 Å². The summed E-state index contributed by atoms with van der Waals surface area (Å²) in [6, 6.07) is -0.211. The number of hydrogen-bond acceptors (Lipinski definition) is 3. The van der Waals surface area contributed by atoms with Gasteiger partial charge in [-0.15, -0.1) is 0 Å². The molecule has 2 atom stereocenters. The number of hydrogen-bond donors (Lipinski definition) is 1. The van der Waals surface area contributed by atoms with Crippen molar-refractivity contribution in [3.05, 3.63) is 0 Å². The lowest BCUT2D eigenvalue weighted by Gasteiger charge is -2.39. The molecule has 1 fully saturated rings. The van der Waals surface area contributed by atoms with Crippen molar-refractivity contribution in [2.75, 3.05) is 13.7 Å². The van der Waals surface area contributed by atoms with E-state index in [0.29, 0.717) is 12.0 Å². The number of ether oxygens (including phenoxy) is 1. The molecule has 0 unspecified atom stereocenters. The third-order valence-electron chi connectivity index (χ3n) is 4.05. The lowest BCUT2D eigenvalue weighted by Crippen LogP contribution is -2.55. The molecule has 1 saturated heterocycles. The van der Waals surface area contributed by atoms with Gasteiger partial charge < -0.3 is 15.0 Å². The Balaban J connectivity index is 2.81. The second-order valence-electron chi connectivity index (χ2n) is 6.67. The van der Waals surface area contributed by atoms with Crippen molar-refractivity contribution in [3.8, 4) is 0 Å². The largest absolute Gasteiger partial charge is 0.453 e. The molecule has 1 heterocycles. The van der Waals surface area contributed by atoms with Crippen LogP contribution in [0.4, 0.5) is 4.79 Å². The SMILES string of the molecule is COC(=O)N[C@H](C(=O)N1CCCC[C@H]1CC(C)C)C(C)C. The number of carbonyl (C=O) groups excluding carboxylic acids is 2. The molecule has 21 heavy (non-hydrogen) atoms. The zero-order valence-electron chi connectivity index (χ0n) is 14.0. The van der Waals surface area contributed by atoms with Gasteiger partial charge >= 0.3 is 6.09 Å². The summed E-state index contributed by atoms with van der Waals surface area (Å²) in [6.07, 6.45) is 3.77. The van der Waals surface area contributed by atoms with Crippen molar-refractivity contribution in [1.29, 1.82) is 0 Å². The van der Waals surface area contributed by atoms with Crippen LogP contribution in [-0.4, -0.2) is 42.6 Å². The van der Waals surface area contributed by atoms with Crippen molar-refractivity contribution < 1.29 is 14.3 Å². The molecule has 1 aliphatic heterocycles. The molecule has 0 bridgehead atoms. The number of nitrogens with zero attached hydrogens (tertiary/aromatic N) is 1. The molecule has 1 N–H and O–H groups in total. The van der Waals surface area contributed by atoms with Crippen molar-refractivity contribution in [2.24, 2.45) is 11.8 Å². The molecule has 1 rings (SSSR count). The minimum Gasteiger partial charge on any atom is -0.453 e. The van der Waals surface area contributed by atoms with E-state index in [1.807, 2.05) is 18.7 Å². The molecule has 122 valence electrons. The molecule has 0 saturated carbocycles. The van der Waals surface area contributed by atoms with Crippen molar-refractivity contribution in [1.82, 2.24) is 10.2 Å². The van der Waals surface area contributed by atoms with Crippen molar-refractivity contribution in [2.45, 2.75) is 65.5 Å². The average molecular weight is 298 g/mol. The van der Waals surface area contributed by atoms with E-state index in [-0.39, 0.29) is 11.8 Å². The maximum atomic E-state index is 12.8. The number of nitrogens with one attached hydrogen (secondary N) is 1. The highest BCUT2D eigenvalue weighted by molar-refractivity contribution is 5.86. The van der Waals surface area contributed by atoms with Crippen LogP contribution < -0.4 is 5.32 Å². The van der Waals surface area contributed by atoms with E-state index in [1.165, 1.54) is 13.5 Å². The number of piperidine rings is 1. The zero-order chi connectivity index (χ0) is 16.0. The van der Waals surface area contributed by atoms with Gasteiger partial charge in [0.15, 0.2) is 0 Å². The van der Waals surface area contributed by atoms with Gasteiger partial charge in [-0.05, 0) is 37.5 Å². The summed E-state index contributed by atoms with van der Waals surface area (Å²) in [6.45, 7) is 9.05.